The van der Waals surface area contributed by atoms with Crippen LogP contribution in [0.1, 0.15) is 6.92 Å². The van der Waals surface area contributed by atoms with Crippen molar-refractivity contribution in [3.05, 3.63) is 0 Å². The van der Waals surface area contributed by atoms with Gasteiger partial charge in [-0.3, -0.25) is 0 Å². The average Bonchev–Trinajstić information content (AvgIpc) is 1.84. The highest BCUT2D eigenvalue weighted by atomic mass is 15.0. The molecule has 0 saturated heterocycles. The molecule has 0 saturated carbocycles. The minimum absolute atomic E-state index is 1.14. The molecular formula is C10H29N3. The van der Waals surface area contributed by atoms with Crippen LogP contribution in [0.4, 0.5) is 0 Å². The summed E-state index contributed by atoms with van der Waals surface area (Å²) in [5, 5.41) is 0. The van der Waals surface area contributed by atoms with E-state index in [1.807, 2.05) is 52.1 Å². The van der Waals surface area contributed by atoms with E-state index in [9.17, 15) is 0 Å². The molecule has 0 aliphatic rings. The zero-order chi connectivity index (χ0) is 11.4. The summed E-state index contributed by atoms with van der Waals surface area (Å²) in [7, 11) is 16.1. The van der Waals surface area contributed by atoms with Crippen LogP contribution in [0, 0.1) is 0 Å². The highest BCUT2D eigenvalue weighted by Crippen LogP contribution is 1.63. The fourth-order valence-electron chi connectivity index (χ4n) is 0. The van der Waals surface area contributed by atoms with E-state index < -0.39 is 0 Å². The van der Waals surface area contributed by atoms with Gasteiger partial charge in [0, 0.05) is 0 Å². The van der Waals surface area contributed by atoms with Crippen LogP contribution in [0.25, 0.3) is 0 Å². The molecule has 0 fully saturated rings. The van der Waals surface area contributed by atoms with Gasteiger partial charge in [-0.2, -0.15) is 0 Å². The van der Waals surface area contributed by atoms with Gasteiger partial charge in [0.2, 0.25) is 0 Å². The van der Waals surface area contributed by atoms with Crippen LogP contribution in [-0.4, -0.2) is 77.6 Å². The summed E-state index contributed by atoms with van der Waals surface area (Å²) >= 11 is 0. The maximum Gasteiger partial charge on any atom is -0.00533 e. The third-order valence-corrected chi connectivity index (χ3v) is 0.632. The first-order valence-electron chi connectivity index (χ1n) is 4.60. The summed E-state index contributed by atoms with van der Waals surface area (Å²) in [4.78, 5) is 6.12. The molecule has 0 bridgehead atoms. The molecule has 0 radical (unpaired) electrons. The van der Waals surface area contributed by atoms with Gasteiger partial charge in [-0.15, -0.1) is 0 Å². The van der Waals surface area contributed by atoms with Crippen molar-refractivity contribution in [2.75, 3.05) is 62.9 Å². The first kappa shape index (κ1) is 18.6. The van der Waals surface area contributed by atoms with Crippen LogP contribution in [0.3, 0.4) is 0 Å². The average molecular weight is 191 g/mol. The van der Waals surface area contributed by atoms with Gasteiger partial charge < -0.3 is 14.7 Å². The summed E-state index contributed by atoms with van der Waals surface area (Å²) in [6.07, 6.45) is 0. The maximum atomic E-state index is 2.12. The Morgan fingerprint density at radius 1 is 0.615 bits per heavy atom. The molecule has 3 heteroatoms. The van der Waals surface area contributed by atoms with Crippen molar-refractivity contribution in [1.29, 1.82) is 0 Å². The fraction of sp³-hybridized carbons (Fsp3) is 1.00. The molecule has 0 atom stereocenters. The van der Waals surface area contributed by atoms with Gasteiger partial charge in [0.05, 0.1) is 0 Å². The Bertz CT molecular complexity index is 59.1. The highest BCUT2D eigenvalue weighted by molar-refractivity contribution is 4.25. The molecule has 13 heavy (non-hydrogen) atoms. The van der Waals surface area contributed by atoms with Crippen LogP contribution in [0.5, 0.6) is 0 Å². The Balaban J connectivity index is -0.000000117. The van der Waals surface area contributed by atoms with Crippen molar-refractivity contribution in [2.45, 2.75) is 6.92 Å². The van der Waals surface area contributed by atoms with Gasteiger partial charge in [-0.1, -0.05) is 6.92 Å². The summed E-state index contributed by atoms with van der Waals surface area (Å²) in [5.74, 6) is 0. The maximum absolute atomic E-state index is 2.12. The van der Waals surface area contributed by atoms with Gasteiger partial charge in [-0.05, 0) is 62.9 Å². The number of hydrogen-bond donors (Lipinski definition) is 0. The molecule has 84 valence electrons. The first-order chi connectivity index (χ1) is 5.73. The molecule has 0 aromatic carbocycles. The molecule has 0 amide bonds. The van der Waals surface area contributed by atoms with Gasteiger partial charge in [-0.25, -0.2) is 0 Å². The lowest BCUT2D eigenvalue weighted by Crippen LogP contribution is -2.08. The topological polar surface area (TPSA) is 9.72 Å². The van der Waals surface area contributed by atoms with Gasteiger partial charge in [0.25, 0.3) is 0 Å². The predicted molar refractivity (Wildman–Crippen MR) is 63.5 cm³/mol. The Hall–Kier alpha value is -0.120. The van der Waals surface area contributed by atoms with E-state index in [1.165, 1.54) is 0 Å². The fourth-order valence-corrected chi connectivity index (χ4v) is 0. The summed E-state index contributed by atoms with van der Waals surface area (Å²) in [5.41, 5.74) is 0. The molecule has 0 rings (SSSR count). The van der Waals surface area contributed by atoms with E-state index in [4.69, 9.17) is 0 Å². The van der Waals surface area contributed by atoms with Crippen LogP contribution >= 0.6 is 0 Å². The molecule has 0 aromatic rings. The van der Waals surface area contributed by atoms with E-state index in [0.29, 0.717) is 0 Å². The number of nitrogens with zero attached hydrogens (tertiary/aromatic N) is 3. The molecule has 0 aliphatic heterocycles. The lowest BCUT2D eigenvalue weighted by molar-refractivity contribution is 0.434. The monoisotopic (exact) mass is 191 g/mol. The Morgan fingerprint density at radius 3 is 0.692 bits per heavy atom. The van der Waals surface area contributed by atoms with E-state index in [1.54, 1.807) is 0 Å². The van der Waals surface area contributed by atoms with Crippen molar-refractivity contribution in [2.24, 2.45) is 0 Å². The number of rotatable bonds is 1. The lowest BCUT2D eigenvalue weighted by atomic mass is 10.7. The third kappa shape index (κ3) is 328. The van der Waals surface area contributed by atoms with Gasteiger partial charge in [0.15, 0.2) is 0 Å². The predicted octanol–water partition coefficient (Wildman–Crippen LogP) is 0.924. The molecule has 0 unspecified atom stereocenters. The minimum Gasteiger partial charge on any atom is -0.312 e. The zero-order valence-corrected chi connectivity index (χ0v) is 11.0. The summed E-state index contributed by atoms with van der Waals surface area (Å²) < 4.78 is 0. The molecule has 0 spiro atoms. The SMILES string of the molecule is CCN(C)C.CN(C)C.CN(C)C. The van der Waals surface area contributed by atoms with Crippen molar-refractivity contribution in [3.63, 3.8) is 0 Å². The van der Waals surface area contributed by atoms with E-state index in [-0.39, 0.29) is 0 Å². The molecular weight excluding hydrogens is 162 g/mol. The van der Waals surface area contributed by atoms with Crippen LogP contribution < -0.4 is 0 Å². The smallest absolute Gasteiger partial charge is 0.00533 e. The largest absolute Gasteiger partial charge is 0.312 e. The van der Waals surface area contributed by atoms with Crippen molar-refractivity contribution < 1.29 is 0 Å². The standard InChI is InChI=1S/C4H11N.2C3H9N/c1-4-5(2)3;2*1-4(2)3/h4H2,1-3H3;2*1-3H3. The highest BCUT2D eigenvalue weighted by Gasteiger charge is 1.72. The van der Waals surface area contributed by atoms with Gasteiger partial charge >= 0.3 is 0 Å². The lowest BCUT2D eigenvalue weighted by Gasteiger charge is -2.00. The Morgan fingerprint density at radius 2 is 0.692 bits per heavy atom. The van der Waals surface area contributed by atoms with E-state index >= 15 is 0 Å². The second kappa shape index (κ2) is 14.4. The normalized spacial score (nSPS) is 9.23. The van der Waals surface area contributed by atoms with Gasteiger partial charge in [0.1, 0.15) is 0 Å². The quantitative estimate of drug-likeness (QED) is 0.610. The Labute approximate surface area is 85.3 Å². The summed E-state index contributed by atoms with van der Waals surface area (Å²) in [6, 6.07) is 0. The van der Waals surface area contributed by atoms with Crippen LogP contribution in [0.15, 0.2) is 0 Å². The molecule has 3 nitrogen and oxygen atoms in total. The van der Waals surface area contributed by atoms with Crippen molar-refractivity contribution in [3.8, 4) is 0 Å². The van der Waals surface area contributed by atoms with E-state index in [0.717, 1.165) is 6.54 Å². The Kier molecular flexibility index (Phi) is 20.6. The molecule has 0 aromatic heterocycles. The summed E-state index contributed by atoms with van der Waals surface area (Å²) in [6.45, 7) is 3.26. The molecule has 0 aliphatic carbocycles. The van der Waals surface area contributed by atoms with Crippen molar-refractivity contribution >= 4 is 0 Å². The van der Waals surface area contributed by atoms with Crippen LogP contribution in [0.2, 0.25) is 0 Å². The third-order valence-electron chi connectivity index (χ3n) is 0.632. The molecule has 0 N–H and O–H groups in total. The second-order valence-electron chi connectivity index (χ2n) is 4.08. The number of hydrogen-bond acceptors (Lipinski definition) is 3. The minimum atomic E-state index is 1.14. The van der Waals surface area contributed by atoms with Crippen LogP contribution in [-0.2, 0) is 0 Å². The zero-order valence-electron chi connectivity index (χ0n) is 11.0. The second-order valence-corrected chi connectivity index (χ2v) is 4.08. The van der Waals surface area contributed by atoms with Crippen molar-refractivity contribution in [1.82, 2.24) is 14.7 Å². The first-order valence-corrected chi connectivity index (χ1v) is 4.60. The molecule has 0 heterocycles. The van der Waals surface area contributed by atoms with E-state index in [2.05, 4.69) is 25.9 Å².